The van der Waals surface area contributed by atoms with Crippen LogP contribution in [0.5, 0.6) is 0 Å². The summed E-state index contributed by atoms with van der Waals surface area (Å²) in [4.78, 5) is 19.1. The van der Waals surface area contributed by atoms with Crippen molar-refractivity contribution < 1.29 is 13.7 Å². The van der Waals surface area contributed by atoms with Gasteiger partial charge in [0.15, 0.2) is 5.82 Å². The number of benzene rings is 2. The number of carbonyl (C=O) groups is 1. The van der Waals surface area contributed by atoms with Gasteiger partial charge in [-0.1, -0.05) is 29.4 Å². The predicted octanol–water partition coefficient (Wildman–Crippen LogP) is 4.42. The van der Waals surface area contributed by atoms with E-state index < -0.39 is 0 Å². The maximum atomic E-state index is 13.8. The van der Waals surface area contributed by atoms with Gasteiger partial charge in [0.25, 0.3) is 11.8 Å². The topological polar surface area (TPSA) is 59.2 Å². The first-order valence-corrected chi connectivity index (χ1v) is 9.57. The molecule has 1 aromatic heterocycles. The summed E-state index contributed by atoms with van der Waals surface area (Å²) in [5, 5.41) is 4.06. The molecular weight excluding hydrogens is 357 g/mol. The highest BCUT2D eigenvalue weighted by molar-refractivity contribution is 5.94. The highest BCUT2D eigenvalue weighted by Crippen LogP contribution is 2.25. The van der Waals surface area contributed by atoms with Crippen LogP contribution in [-0.4, -0.2) is 33.5 Å². The van der Waals surface area contributed by atoms with Gasteiger partial charge in [-0.25, -0.2) is 4.39 Å². The molecule has 6 heteroatoms. The van der Waals surface area contributed by atoms with Gasteiger partial charge >= 0.3 is 0 Å². The SMILES string of the molecule is Cc1ccc(C(=O)N2CCCC2CCc2noc(-c3ccccc3)n2)cc1F. The fourth-order valence-electron chi connectivity index (χ4n) is 3.64. The number of likely N-dealkylation sites (tertiary alicyclic amines) is 1. The Bertz CT molecular complexity index is 971. The highest BCUT2D eigenvalue weighted by Gasteiger charge is 2.29. The number of rotatable bonds is 5. The van der Waals surface area contributed by atoms with E-state index in [4.69, 9.17) is 4.52 Å². The number of hydrogen-bond acceptors (Lipinski definition) is 4. The second kappa shape index (κ2) is 7.92. The third-order valence-electron chi connectivity index (χ3n) is 5.25. The number of carbonyl (C=O) groups excluding carboxylic acids is 1. The molecule has 3 aromatic rings. The number of aryl methyl sites for hydroxylation is 2. The molecule has 1 amide bonds. The van der Waals surface area contributed by atoms with Crippen LogP contribution in [0.15, 0.2) is 53.1 Å². The zero-order valence-electron chi connectivity index (χ0n) is 15.8. The molecule has 28 heavy (non-hydrogen) atoms. The van der Waals surface area contributed by atoms with Crippen molar-refractivity contribution in [3.8, 4) is 11.5 Å². The van der Waals surface area contributed by atoms with Crippen LogP contribution in [0.3, 0.4) is 0 Å². The quantitative estimate of drug-likeness (QED) is 0.658. The summed E-state index contributed by atoms with van der Waals surface area (Å²) >= 11 is 0. The molecule has 2 aromatic carbocycles. The minimum atomic E-state index is -0.346. The molecule has 0 bridgehead atoms. The van der Waals surface area contributed by atoms with Crippen molar-refractivity contribution >= 4 is 5.91 Å². The summed E-state index contributed by atoms with van der Waals surface area (Å²) in [7, 11) is 0. The normalized spacial score (nSPS) is 16.5. The number of nitrogens with zero attached hydrogens (tertiary/aromatic N) is 3. The molecule has 1 atom stereocenters. The molecule has 4 rings (SSSR count). The van der Waals surface area contributed by atoms with Gasteiger partial charge in [-0.2, -0.15) is 4.98 Å². The molecule has 0 radical (unpaired) electrons. The Kier molecular flexibility index (Phi) is 5.19. The first-order chi connectivity index (χ1) is 13.6. The van der Waals surface area contributed by atoms with Crippen LogP contribution in [-0.2, 0) is 6.42 Å². The van der Waals surface area contributed by atoms with E-state index in [1.807, 2.05) is 35.2 Å². The van der Waals surface area contributed by atoms with E-state index in [1.165, 1.54) is 6.07 Å². The predicted molar refractivity (Wildman–Crippen MR) is 103 cm³/mol. The standard InChI is InChI=1S/C22H22FN3O2/c1-15-9-10-17(14-19(15)23)22(27)26-13-5-8-18(26)11-12-20-24-21(28-25-20)16-6-3-2-4-7-16/h2-4,6-7,9-10,14,18H,5,8,11-13H2,1H3. The minimum absolute atomic E-state index is 0.107. The van der Waals surface area contributed by atoms with Gasteiger partial charge < -0.3 is 9.42 Å². The van der Waals surface area contributed by atoms with E-state index in [0.717, 1.165) is 24.8 Å². The van der Waals surface area contributed by atoms with E-state index in [9.17, 15) is 9.18 Å². The molecule has 2 heterocycles. The van der Waals surface area contributed by atoms with Gasteiger partial charge in [-0.15, -0.1) is 0 Å². The molecule has 0 N–H and O–H groups in total. The lowest BCUT2D eigenvalue weighted by Gasteiger charge is -2.24. The summed E-state index contributed by atoms with van der Waals surface area (Å²) in [6, 6.07) is 14.4. The van der Waals surface area contributed by atoms with E-state index in [1.54, 1.807) is 19.1 Å². The summed E-state index contributed by atoms with van der Waals surface area (Å²) < 4.78 is 19.2. The second-order valence-corrected chi connectivity index (χ2v) is 7.18. The maximum absolute atomic E-state index is 13.8. The molecule has 1 aliphatic heterocycles. The van der Waals surface area contributed by atoms with Crippen molar-refractivity contribution in [3.05, 3.63) is 71.3 Å². The monoisotopic (exact) mass is 379 g/mol. The van der Waals surface area contributed by atoms with Crippen molar-refractivity contribution in [2.24, 2.45) is 0 Å². The Labute approximate surface area is 163 Å². The zero-order chi connectivity index (χ0) is 19.5. The van der Waals surface area contributed by atoms with Crippen molar-refractivity contribution in [2.45, 2.75) is 38.6 Å². The van der Waals surface area contributed by atoms with Crippen LogP contribution in [0.4, 0.5) is 4.39 Å². The van der Waals surface area contributed by atoms with Crippen LogP contribution in [0, 0.1) is 12.7 Å². The Hall–Kier alpha value is -3.02. The van der Waals surface area contributed by atoms with E-state index in [0.29, 0.717) is 35.8 Å². The lowest BCUT2D eigenvalue weighted by atomic mass is 10.1. The highest BCUT2D eigenvalue weighted by atomic mass is 19.1. The summed E-state index contributed by atoms with van der Waals surface area (Å²) in [5.74, 6) is 0.686. The molecule has 0 aliphatic carbocycles. The Morgan fingerprint density at radius 1 is 1.25 bits per heavy atom. The molecule has 1 fully saturated rings. The van der Waals surface area contributed by atoms with Gasteiger partial charge in [0.2, 0.25) is 0 Å². The number of amides is 1. The van der Waals surface area contributed by atoms with Gasteiger partial charge in [0, 0.05) is 30.1 Å². The van der Waals surface area contributed by atoms with Crippen LogP contribution < -0.4 is 0 Å². The molecule has 0 saturated carbocycles. The smallest absolute Gasteiger partial charge is 0.257 e. The van der Waals surface area contributed by atoms with Gasteiger partial charge in [-0.3, -0.25) is 4.79 Å². The molecule has 1 aliphatic rings. The summed E-state index contributed by atoms with van der Waals surface area (Å²) in [5.41, 5.74) is 1.84. The van der Waals surface area contributed by atoms with Crippen LogP contribution in [0.25, 0.3) is 11.5 Å². The average molecular weight is 379 g/mol. The van der Waals surface area contributed by atoms with Gasteiger partial charge in [0.05, 0.1) is 0 Å². The van der Waals surface area contributed by atoms with Crippen molar-refractivity contribution in [1.29, 1.82) is 0 Å². The molecule has 1 unspecified atom stereocenters. The Balaban J connectivity index is 1.41. The summed E-state index contributed by atoms with van der Waals surface area (Å²) in [6.07, 6.45) is 3.27. The maximum Gasteiger partial charge on any atom is 0.257 e. The molecule has 5 nitrogen and oxygen atoms in total. The number of hydrogen-bond donors (Lipinski definition) is 0. The third kappa shape index (κ3) is 3.81. The van der Waals surface area contributed by atoms with Gasteiger partial charge in [0.1, 0.15) is 5.82 Å². The van der Waals surface area contributed by atoms with Crippen LogP contribution in [0.2, 0.25) is 0 Å². The largest absolute Gasteiger partial charge is 0.336 e. The fourth-order valence-corrected chi connectivity index (χ4v) is 3.64. The Morgan fingerprint density at radius 3 is 2.86 bits per heavy atom. The van der Waals surface area contributed by atoms with E-state index >= 15 is 0 Å². The van der Waals surface area contributed by atoms with Crippen LogP contribution >= 0.6 is 0 Å². The average Bonchev–Trinajstić information content (AvgIpc) is 3.38. The molecule has 1 saturated heterocycles. The number of halogens is 1. The first kappa shape index (κ1) is 18.3. The lowest BCUT2D eigenvalue weighted by molar-refractivity contribution is 0.0729. The van der Waals surface area contributed by atoms with Crippen LogP contribution in [0.1, 0.15) is 41.0 Å². The third-order valence-corrected chi connectivity index (χ3v) is 5.25. The second-order valence-electron chi connectivity index (χ2n) is 7.18. The Morgan fingerprint density at radius 2 is 2.07 bits per heavy atom. The molecule has 144 valence electrons. The lowest BCUT2D eigenvalue weighted by Crippen LogP contribution is -2.36. The fraction of sp³-hybridized carbons (Fsp3) is 0.318. The van der Waals surface area contributed by atoms with Crippen molar-refractivity contribution in [3.63, 3.8) is 0 Å². The van der Waals surface area contributed by atoms with E-state index in [-0.39, 0.29) is 17.8 Å². The molecule has 0 spiro atoms. The molecular formula is C22H22FN3O2. The zero-order valence-corrected chi connectivity index (χ0v) is 15.8. The van der Waals surface area contributed by atoms with Gasteiger partial charge in [-0.05, 0) is 56.0 Å². The first-order valence-electron chi connectivity index (χ1n) is 9.57. The number of aromatic nitrogens is 2. The van der Waals surface area contributed by atoms with Crippen molar-refractivity contribution in [2.75, 3.05) is 6.54 Å². The van der Waals surface area contributed by atoms with Crippen molar-refractivity contribution in [1.82, 2.24) is 15.0 Å². The minimum Gasteiger partial charge on any atom is -0.336 e. The summed E-state index contributed by atoms with van der Waals surface area (Å²) in [6.45, 7) is 2.39. The van der Waals surface area contributed by atoms with E-state index in [2.05, 4.69) is 10.1 Å².